The van der Waals surface area contributed by atoms with Crippen molar-refractivity contribution in [2.75, 3.05) is 0 Å². The first-order chi connectivity index (χ1) is 6.45. The summed E-state index contributed by atoms with van der Waals surface area (Å²) in [6.07, 6.45) is 6.51. The van der Waals surface area contributed by atoms with E-state index < -0.39 is 0 Å². The molecule has 0 aliphatic rings. The lowest BCUT2D eigenvalue weighted by atomic mass is 10.1. The average Bonchev–Trinajstić information content (AvgIpc) is 2.08. The molecule has 2 nitrogen and oxygen atoms in total. The molecule has 14 heavy (non-hydrogen) atoms. The molecule has 0 amide bonds. The maximum absolute atomic E-state index is 5.50. The number of unbranched alkanes of at least 4 members (excludes halogenated alkanes) is 3. The van der Waals surface area contributed by atoms with Gasteiger partial charge in [-0.25, -0.2) is 0 Å². The van der Waals surface area contributed by atoms with E-state index in [1.807, 2.05) is 0 Å². The zero-order valence-corrected chi connectivity index (χ0v) is 10.5. The summed E-state index contributed by atoms with van der Waals surface area (Å²) in [6.45, 7) is 10.6. The van der Waals surface area contributed by atoms with Crippen LogP contribution in [0.4, 0.5) is 0 Å². The van der Waals surface area contributed by atoms with E-state index in [4.69, 9.17) is 4.84 Å². The molecule has 0 spiro atoms. The van der Waals surface area contributed by atoms with Crippen molar-refractivity contribution in [3.8, 4) is 0 Å². The largest absolute Gasteiger partial charge is 0.296 e. The van der Waals surface area contributed by atoms with E-state index in [2.05, 4.69) is 40.1 Å². The Kier molecular flexibility index (Phi) is 7.20. The Hall–Kier alpha value is -0.0800. The van der Waals surface area contributed by atoms with Gasteiger partial charge in [0.25, 0.3) is 0 Å². The third-order valence-electron chi connectivity index (χ3n) is 2.06. The number of hydrogen-bond acceptors (Lipinski definition) is 2. The molecular formula is C12H27NO. The van der Waals surface area contributed by atoms with Gasteiger partial charge in [0.15, 0.2) is 0 Å². The van der Waals surface area contributed by atoms with Gasteiger partial charge in [-0.15, -0.1) is 0 Å². The third-order valence-corrected chi connectivity index (χ3v) is 2.06. The topological polar surface area (TPSA) is 21.3 Å². The summed E-state index contributed by atoms with van der Waals surface area (Å²) >= 11 is 0. The second-order valence-corrected chi connectivity index (χ2v) is 5.08. The van der Waals surface area contributed by atoms with Gasteiger partial charge in [0.1, 0.15) is 0 Å². The van der Waals surface area contributed by atoms with Crippen molar-refractivity contribution >= 4 is 0 Å². The molecule has 0 radical (unpaired) electrons. The first-order valence-electron chi connectivity index (χ1n) is 5.89. The maximum atomic E-state index is 5.50. The van der Waals surface area contributed by atoms with Crippen molar-refractivity contribution < 1.29 is 4.84 Å². The summed E-state index contributed by atoms with van der Waals surface area (Å²) in [5, 5.41) is 0. The molecule has 1 atom stereocenters. The van der Waals surface area contributed by atoms with E-state index in [1.54, 1.807) is 0 Å². The first kappa shape index (κ1) is 13.9. The Morgan fingerprint density at radius 3 is 2.29 bits per heavy atom. The monoisotopic (exact) mass is 201 g/mol. The molecule has 0 bridgehead atoms. The predicted molar refractivity (Wildman–Crippen MR) is 62.2 cm³/mol. The van der Waals surface area contributed by atoms with Crippen LogP contribution in [-0.2, 0) is 4.84 Å². The van der Waals surface area contributed by atoms with Crippen LogP contribution in [0.3, 0.4) is 0 Å². The number of hydroxylamine groups is 1. The van der Waals surface area contributed by atoms with Crippen LogP contribution in [-0.4, -0.2) is 11.6 Å². The molecule has 0 rings (SSSR count). The molecular weight excluding hydrogens is 174 g/mol. The quantitative estimate of drug-likeness (QED) is 0.501. The molecule has 2 heteroatoms. The fourth-order valence-electron chi connectivity index (χ4n) is 1.21. The fraction of sp³-hybridized carbons (Fsp3) is 1.00. The van der Waals surface area contributed by atoms with Gasteiger partial charge < -0.3 is 0 Å². The van der Waals surface area contributed by atoms with Crippen LogP contribution in [0.2, 0.25) is 0 Å². The fourth-order valence-corrected chi connectivity index (χ4v) is 1.21. The van der Waals surface area contributed by atoms with Gasteiger partial charge in [0.2, 0.25) is 0 Å². The smallest absolute Gasteiger partial charge is 0.0813 e. The lowest BCUT2D eigenvalue weighted by molar-refractivity contribution is -0.0870. The summed E-state index contributed by atoms with van der Waals surface area (Å²) in [5.41, 5.74) is 3.01. The molecule has 0 aromatic carbocycles. The van der Waals surface area contributed by atoms with Gasteiger partial charge in [-0.05, 0) is 34.1 Å². The van der Waals surface area contributed by atoms with Gasteiger partial charge in [-0.2, -0.15) is 5.48 Å². The van der Waals surface area contributed by atoms with Crippen molar-refractivity contribution in [1.29, 1.82) is 0 Å². The zero-order valence-electron chi connectivity index (χ0n) is 10.5. The van der Waals surface area contributed by atoms with Crippen molar-refractivity contribution in [2.45, 2.75) is 78.4 Å². The van der Waals surface area contributed by atoms with Crippen LogP contribution in [0.15, 0.2) is 0 Å². The van der Waals surface area contributed by atoms with Crippen LogP contribution in [0.1, 0.15) is 66.7 Å². The number of nitrogens with one attached hydrogen (secondary N) is 1. The minimum absolute atomic E-state index is 0.0856. The van der Waals surface area contributed by atoms with E-state index in [0.717, 1.165) is 0 Å². The Morgan fingerprint density at radius 1 is 1.14 bits per heavy atom. The molecule has 0 saturated heterocycles. The highest BCUT2D eigenvalue weighted by molar-refractivity contribution is 4.60. The molecule has 0 fully saturated rings. The van der Waals surface area contributed by atoms with Crippen LogP contribution in [0.5, 0.6) is 0 Å². The van der Waals surface area contributed by atoms with Gasteiger partial charge >= 0.3 is 0 Å². The van der Waals surface area contributed by atoms with E-state index in [0.29, 0.717) is 6.04 Å². The van der Waals surface area contributed by atoms with Crippen molar-refractivity contribution in [1.82, 2.24) is 5.48 Å². The highest BCUT2D eigenvalue weighted by atomic mass is 16.7. The SMILES string of the molecule is CCCCCCC(C)NOC(C)(C)C. The molecule has 0 saturated carbocycles. The lowest BCUT2D eigenvalue weighted by Crippen LogP contribution is -2.34. The summed E-state index contributed by atoms with van der Waals surface area (Å²) < 4.78 is 0. The maximum Gasteiger partial charge on any atom is 0.0813 e. The standard InChI is InChI=1S/C12H27NO/c1-6-7-8-9-10-11(2)13-14-12(3,4)5/h11,13H,6-10H2,1-5H3. The van der Waals surface area contributed by atoms with Gasteiger partial charge in [0.05, 0.1) is 5.60 Å². The van der Waals surface area contributed by atoms with Crippen LogP contribution in [0.25, 0.3) is 0 Å². The van der Waals surface area contributed by atoms with Crippen LogP contribution >= 0.6 is 0 Å². The molecule has 86 valence electrons. The van der Waals surface area contributed by atoms with Crippen molar-refractivity contribution in [3.05, 3.63) is 0 Å². The summed E-state index contributed by atoms with van der Waals surface area (Å²) in [5.74, 6) is 0. The Labute approximate surface area is 89.4 Å². The molecule has 0 aliphatic carbocycles. The summed E-state index contributed by atoms with van der Waals surface area (Å²) in [6, 6.07) is 0.464. The Bertz CT molecular complexity index is 129. The third kappa shape index (κ3) is 10.0. The first-order valence-corrected chi connectivity index (χ1v) is 5.89. The van der Waals surface area contributed by atoms with Gasteiger partial charge in [0, 0.05) is 6.04 Å². The van der Waals surface area contributed by atoms with Gasteiger partial charge in [-0.3, -0.25) is 4.84 Å². The molecule has 1 unspecified atom stereocenters. The minimum Gasteiger partial charge on any atom is -0.296 e. The lowest BCUT2D eigenvalue weighted by Gasteiger charge is -2.23. The van der Waals surface area contributed by atoms with E-state index in [9.17, 15) is 0 Å². The van der Waals surface area contributed by atoms with E-state index >= 15 is 0 Å². The summed E-state index contributed by atoms with van der Waals surface area (Å²) in [7, 11) is 0. The van der Waals surface area contributed by atoms with Crippen molar-refractivity contribution in [3.63, 3.8) is 0 Å². The van der Waals surface area contributed by atoms with Gasteiger partial charge in [-0.1, -0.05) is 32.6 Å². The van der Waals surface area contributed by atoms with E-state index in [1.165, 1.54) is 32.1 Å². The predicted octanol–water partition coefficient (Wildman–Crippen LogP) is 3.67. The molecule has 0 aliphatic heterocycles. The molecule has 0 aromatic heterocycles. The zero-order chi connectivity index (χ0) is 11.0. The van der Waals surface area contributed by atoms with Crippen molar-refractivity contribution in [2.24, 2.45) is 0 Å². The summed E-state index contributed by atoms with van der Waals surface area (Å²) in [4.78, 5) is 5.50. The molecule has 0 aromatic rings. The Balaban J connectivity index is 3.32. The molecule has 0 heterocycles. The van der Waals surface area contributed by atoms with Crippen LogP contribution in [0, 0.1) is 0 Å². The molecule has 1 N–H and O–H groups in total. The number of hydrogen-bond donors (Lipinski definition) is 1. The second-order valence-electron chi connectivity index (χ2n) is 5.08. The highest BCUT2D eigenvalue weighted by Gasteiger charge is 2.11. The second kappa shape index (κ2) is 7.24. The normalized spacial score (nSPS) is 14.4. The minimum atomic E-state index is -0.0856. The van der Waals surface area contributed by atoms with Crippen LogP contribution < -0.4 is 5.48 Å². The Morgan fingerprint density at radius 2 is 1.79 bits per heavy atom. The average molecular weight is 201 g/mol. The number of rotatable bonds is 7. The van der Waals surface area contributed by atoms with E-state index in [-0.39, 0.29) is 5.60 Å². The highest BCUT2D eigenvalue weighted by Crippen LogP contribution is 2.08.